The molecule has 6 rings (SSSR count). The Balaban J connectivity index is 0.00000384. The summed E-state index contributed by atoms with van der Waals surface area (Å²) in [4.78, 5) is 4.77. The molecule has 224 valence electrons. The fraction of sp³-hybridized carbons (Fsp3) is 0.270. The largest absolute Gasteiger partial charge is 2.00 e. The molecule has 0 bridgehead atoms. The van der Waals surface area contributed by atoms with Crippen molar-refractivity contribution in [1.29, 1.82) is 5.26 Å². The van der Waals surface area contributed by atoms with Crippen molar-refractivity contribution in [3.05, 3.63) is 107 Å². The van der Waals surface area contributed by atoms with Gasteiger partial charge in [-0.25, -0.2) is 4.98 Å². The van der Waals surface area contributed by atoms with Crippen molar-refractivity contribution in [2.24, 2.45) is 0 Å². The van der Waals surface area contributed by atoms with Crippen LogP contribution in [0.1, 0.15) is 69.6 Å². The van der Waals surface area contributed by atoms with Crippen LogP contribution >= 0.6 is 0 Å². The van der Waals surface area contributed by atoms with Gasteiger partial charge in [-0.15, -0.1) is 41.3 Å². The number of hydrogen-bond donors (Lipinski definition) is 0. The van der Waals surface area contributed by atoms with E-state index in [4.69, 9.17) is 9.72 Å². The molecule has 0 radical (unpaired) electrons. The van der Waals surface area contributed by atoms with Gasteiger partial charge in [0.25, 0.3) is 0 Å². The first kappa shape index (κ1) is 31.2. The predicted molar refractivity (Wildman–Crippen MR) is 171 cm³/mol. The summed E-state index contributed by atoms with van der Waals surface area (Å²) in [7, 11) is 0. The zero-order valence-corrected chi connectivity index (χ0v) is 28.6. The molecule has 0 atom stereocenters. The van der Waals surface area contributed by atoms with Crippen LogP contribution in [-0.2, 0) is 31.9 Å². The van der Waals surface area contributed by atoms with E-state index in [2.05, 4.69) is 93.7 Å². The second kappa shape index (κ2) is 11.4. The van der Waals surface area contributed by atoms with Crippen molar-refractivity contribution in [3.8, 4) is 29.1 Å². The summed E-state index contributed by atoms with van der Waals surface area (Å²) in [6, 6.07) is 29.4. The minimum atomic E-state index is -0.111. The first-order chi connectivity index (χ1) is 20.3. The van der Waals surface area contributed by atoms with Gasteiger partial charge in [0.05, 0.1) is 17.3 Å². The molecule has 0 aliphatic heterocycles. The summed E-state index contributed by atoms with van der Waals surface area (Å²) in [5.41, 5.74) is 7.34. The van der Waals surface area contributed by atoms with E-state index in [1.165, 1.54) is 5.56 Å². The number of fused-ring (bicyclic) bond motifs is 3. The standard InChI is InChI=1S/C37H35N5O.Pt/c1-23-15-24(2)42(40-23)28-17-27(37(6,7)8)18-30(20-28)43-29-10-11-31-32-16-25(22-38)9-12-33(32)41(34(31)21-29)35-19-26(13-14-39-35)36(3,4)5;/h9-19H,1-8H3;/q-2;+2. The fourth-order valence-electron chi connectivity index (χ4n) is 5.42. The molecule has 44 heavy (non-hydrogen) atoms. The third-order valence-electron chi connectivity index (χ3n) is 7.77. The molecule has 0 unspecified atom stereocenters. The summed E-state index contributed by atoms with van der Waals surface area (Å²) < 4.78 is 10.5. The summed E-state index contributed by atoms with van der Waals surface area (Å²) >= 11 is 0. The van der Waals surface area contributed by atoms with E-state index in [-0.39, 0.29) is 31.9 Å². The number of hydrogen-bond acceptors (Lipinski definition) is 4. The van der Waals surface area contributed by atoms with E-state index < -0.39 is 0 Å². The topological polar surface area (TPSA) is 68.7 Å². The van der Waals surface area contributed by atoms with Crippen LogP contribution in [0.15, 0.2) is 66.9 Å². The number of rotatable bonds is 4. The summed E-state index contributed by atoms with van der Waals surface area (Å²) in [6.07, 6.45) is 1.85. The van der Waals surface area contributed by atoms with Gasteiger partial charge in [0, 0.05) is 28.9 Å². The number of aromatic nitrogens is 4. The summed E-state index contributed by atoms with van der Waals surface area (Å²) in [5.74, 6) is 1.94. The van der Waals surface area contributed by atoms with Crippen molar-refractivity contribution < 1.29 is 25.8 Å². The first-order valence-corrected chi connectivity index (χ1v) is 14.5. The molecular weight excluding hydrogens is 726 g/mol. The molecule has 0 saturated heterocycles. The third kappa shape index (κ3) is 5.82. The monoisotopic (exact) mass is 760 g/mol. The molecule has 3 heterocycles. The first-order valence-electron chi connectivity index (χ1n) is 14.5. The Bertz CT molecular complexity index is 2060. The molecule has 0 aliphatic rings. The van der Waals surface area contributed by atoms with E-state index in [0.717, 1.165) is 50.3 Å². The number of nitrogens with zero attached hydrogens (tertiary/aromatic N) is 5. The van der Waals surface area contributed by atoms with Crippen LogP contribution in [0.5, 0.6) is 11.5 Å². The van der Waals surface area contributed by atoms with Crippen LogP contribution in [0.3, 0.4) is 0 Å². The minimum Gasteiger partial charge on any atom is -0.509 e. The Kier molecular flexibility index (Phi) is 8.08. The number of nitriles is 1. The smallest absolute Gasteiger partial charge is 0.509 e. The molecule has 0 fully saturated rings. The summed E-state index contributed by atoms with van der Waals surface area (Å²) in [6.45, 7) is 17.2. The van der Waals surface area contributed by atoms with Gasteiger partial charge in [-0.1, -0.05) is 47.1 Å². The van der Waals surface area contributed by atoms with E-state index >= 15 is 0 Å². The molecule has 0 aliphatic carbocycles. The number of aryl methyl sites for hydroxylation is 2. The quantitative estimate of drug-likeness (QED) is 0.169. The van der Waals surface area contributed by atoms with E-state index in [1.54, 1.807) is 0 Å². The van der Waals surface area contributed by atoms with Crippen LogP contribution in [0.25, 0.3) is 33.3 Å². The molecule has 3 aromatic heterocycles. The normalized spacial score (nSPS) is 11.9. The van der Waals surface area contributed by atoms with Crippen LogP contribution in [0, 0.1) is 37.3 Å². The molecule has 3 aromatic carbocycles. The molecule has 0 spiro atoms. The van der Waals surface area contributed by atoms with Crippen LogP contribution < -0.4 is 4.74 Å². The van der Waals surface area contributed by atoms with E-state index in [1.807, 2.05) is 61.1 Å². The minimum absolute atomic E-state index is 0. The van der Waals surface area contributed by atoms with Gasteiger partial charge in [-0.2, -0.15) is 16.4 Å². The SMILES string of the molecule is Cc1cc(C)n(-c2[c-]c(Oc3[c-]c4c(cc3)c3cc(C#N)ccc3n4-c3cc(C(C)(C)C)ccn3)cc(C(C)(C)C)c2)n1.[Pt+2]. The van der Waals surface area contributed by atoms with Gasteiger partial charge in [-0.05, 0) is 77.7 Å². The molecule has 0 amide bonds. The van der Waals surface area contributed by atoms with Gasteiger partial charge >= 0.3 is 21.1 Å². The maximum absolute atomic E-state index is 9.62. The van der Waals surface area contributed by atoms with Crippen molar-refractivity contribution in [1.82, 2.24) is 19.3 Å². The number of benzene rings is 3. The van der Waals surface area contributed by atoms with E-state index in [0.29, 0.717) is 17.1 Å². The second-order valence-corrected chi connectivity index (χ2v) is 13.2. The van der Waals surface area contributed by atoms with Crippen LogP contribution in [0.4, 0.5) is 0 Å². The average Bonchev–Trinajstić information content (AvgIpc) is 3.46. The number of ether oxygens (including phenoxy) is 1. The Labute approximate surface area is 273 Å². The molecule has 7 heteroatoms. The second-order valence-electron chi connectivity index (χ2n) is 13.2. The van der Waals surface area contributed by atoms with Gasteiger partial charge in [-0.3, -0.25) is 4.68 Å². The van der Waals surface area contributed by atoms with Gasteiger partial charge < -0.3 is 9.30 Å². The van der Waals surface area contributed by atoms with Gasteiger partial charge in [0.2, 0.25) is 0 Å². The van der Waals surface area contributed by atoms with Crippen molar-refractivity contribution >= 4 is 21.8 Å². The van der Waals surface area contributed by atoms with Crippen LogP contribution in [-0.4, -0.2) is 19.3 Å². The molecule has 0 saturated carbocycles. The Morgan fingerprint density at radius 3 is 2.20 bits per heavy atom. The van der Waals surface area contributed by atoms with E-state index in [9.17, 15) is 5.26 Å². The average molecular weight is 761 g/mol. The third-order valence-corrected chi connectivity index (χ3v) is 7.77. The molecule has 6 aromatic rings. The van der Waals surface area contributed by atoms with Crippen molar-refractivity contribution in [2.45, 2.75) is 66.2 Å². The van der Waals surface area contributed by atoms with Gasteiger partial charge in [0.1, 0.15) is 5.82 Å². The maximum Gasteiger partial charge on any atom is 2.00 e. The maximum atomic E-state index is 9.62. The van der Waals surface area contributed by atoms with Crippen LogP contribution in [0.2, 0.25) is 0 Å². The van der Waals surface area contributed by atoms with Gasteiger partial charge in [0.15, 0.2) is 0 Å². The molecule has 0 N–H and O–H groups in total. The number of pyridine rings is 1. The summed E-state index contributed by atoms with van der Waals surface area (Å²) in [5, 5.41) is 16.2. The fourth-order valence-corrected chi connectivity index (χ4v) is 5.42. The predicted octanol–water partition coefficient (Wildman–Crippen LogP) is 8.84. The zero-order chi connectivity index (χ0) is 30.7. The molecular formula is C37H35N5OPt. The van der Waals surface area contributed by atoms with Crippen molar-refractivity contribution in [2.75, 3.05) is 0 Å². The Hall–Kier alpha value is -4.20. The Morgan fingerprint density at radius 2 is 1.55 bits per heavy atom. The Morgan fingerprint density at radius 1 is 0.795 bits per heavy atom. The zero-order valence-electron chi connectivity index (χ0n) is 26.3. The molecule has 6 nitrogen and oxygen atoms in total. The van der Waals surface area contributed by atoms with Crippen molar-refractivity contribution in [3.63, 3.8) is 0 Å².